The van der Waals surface area contributed by atoms with Crippen LogP contribution in [0.15, 0.2) is 30.3 Å². The van der Waals surface area contributed by atoms with E-state index in [2.05, 4.69) is 12.6 Å². The number of hydrogen-bond acceptors (Lipinski definition) is 3. The van der Waals surface area contributed by atoms with Crippen LogP contribution >= 0.6 is 12.6 Å². The highest BCUT2D eigenvalue weighted by atomic mass is 32.1. The van der Waals surface area contributed by atoms with Crippen LogP contribution < -0.4 is 0 Å². The Balaban J connectivity index is 2.53. The third-order valence-electron chi connectivity index (χ3n) is 1.95. The number of benzene rings is 1. The summed E-state index contributed by atoms with van der Waals surface area (Å²) in [5, 5.41) is 17.9. The number of rotatable bonds is 4. The molecule has 0 fully saturated rings. The molecule has 2 N–H and O–H groups in total. The van der Waals surface area contributed by atoms with Crippen LogP contribution in [0, 0.1) is 0 Å². The van der Waals surface area contributed by atoms with Crippen molar-refractivity contribution in [2.45, 2.75) is 17.8 Å². The molecule has 0 radical (unpaired) electrons. The molecule has 0 amide bonds. The minimum atomic E-state index is -1.93. The molecule has 0 aliphatic carbocycles. The maximum Gasteiger partial charge on any atom is 0.346 e. The molecule has 1 rings (SSSR count). The van der Waals surface area contributed by atoms with Crippen molar-refractivity contribution in [3.05, 3.63) is 35.9 Å². The van der Waals surface area contributed by atoms with Crippen molar-refractivity contribution >= 4 is 18.6 Å². The molecule has 1 aromatic carbocycles. The van der Waals surface area contributed by atoms with Crippen molar-refractivity contribution in [1.82, 2.24) is 0 Å². The van der Waals surface area contributed by atoms with Crippen LogP contribution in [0.5, 0.6) is 0 Å². The van der Waals surface area contributed by atoms with E-state index in [1.54, 1.807) is 0 Å². The maximum atomic E-state index is 10.5. The first-order valence-corrected chi connectivity index (χ1v) is 4.69. The van der Waals surface area contributed by atoms with Gasteiger partial charge in [-0.05, 0) is 12.0 Å². The molecule has 0 aliphatic rings. The third kappa shape index (κ3) is 3.05. The number of carboxylic acids is 1. The van der Waals surface area contributed by atoms with Crippen LogP contribution in [-0.2, 0) is 11.2 Å². The summed E-state index contributed by atoms with van der Waals surface area (Å²) in [7, 11) is 0. The Kier molecular flexibility index (Phi) is 3.55. The van der Waals surface area contributed by atoms with Crippen LogP contribution in [0.1, 0.15) is 12.0 Å². The molecule has 0 spiro atoms. The smallest absolute Gasteiger partial charge is 0.346 e. The number of aliphatic hydroxyl groups is 1. The van der Waals surface area contributed by atoms with Gasteiger partial charge in [0.05, 0.1) is 0 Å². The average Bonchev–Trinajstić information content (AvgIpc) is 2.16. The van der Waals surface area contributed by atoms with E-state index >= 15 is 0 Å². The van der Waals surface area contributed by atoms with Crippen LogP contribution in [0.4, 0.5) is 0 Å². The van der Waals surface area contributed by atoms with Gasteiger partial charge in [0, 0.05) is 6.42 Å². The highest BCUT2D eigenvalue weighted by Crippen LogP contribution is 2.18. The third-order valence-corrected chi connectivity index (χ3v) is 2.36. The van der Waals surface area contributed by atoms with Gasteiger partial charge in [-0.15, -0.1) is 12.6 Å². The standard InChI is InChI=1S/C10H12O3S/c11-9(12)10(13,14)7-6-8-4-2-1-3-5-8/h1-5,13-14H,6-7H2,(H,11,12). The summed E-state index contributed by atoms with van der Waals surface area (Å²) in [6.45, 7) is 0. The number of hydrogen-bond donors (Lipinski definition) is 3. The van der Waals surface area contributed by atoms with E-state index in [-0.39, 0.29) is 6.42 Å². The molecule has 4 heteroatoms. The molecule has 1 unspecified atom stereocenters. The van der Waals surface area contributed by atoms with Gasteiger partial charge < -0.3 is 10.2 Å². The molecule has 0 saturated heterocycles. The van der Waals surface area contributed by atoms with E-state index in [1.807, 2.05) is 30.3 Å². The summed E-state index contributed by atoms with van der Waals surface area (Å²) >= 11 is 3.67. The van der Waals surface area contributed by atoms with Gasteiger partial charge >= 0.3 is 5.97 Å². The van der Waals surface area contributed by atoms with Gasteiger partial charge in [-0.2, -0.15) is 0 Å². The van der Waals surface area contributed by atoms with Gasteiger partial charge in [0.1, 0.15) is 0 Å². The van der Waals surface area contributed by atoms with Gasteiger partial charge in [0.2, 0.25) is 4.93 Å². The van der Waals surface area contributed by atoms with Gasteiger partial charge in [-0.3, -0.25) is 0 Å². The lowest BCUT2D eigenvalue weighted by molar-refractivity contribution is -0.149. The first kappa shape index (κ1) is 11.1. The summed E-state index contributed by atoms with van der Waals surface area (Å²) in [4.78, 5) is 8.58. The number of aryl methyl sites for hydroxylation is 1. The van der Waals surface area contributed by atoms with E-state index in [4.69, 9.17) is 5.11 Å². The van der Waals surface area contributed by atoms with Crippen molar-refractivity contribution in [2.24, 2.45) is 0 Å². The molecular formula is C10H12O3S. The quantitative estimate of drug-likeness (QED) is 0.521. The second-order valence-corrected chi connectivity index (χ2v) is 3.85. The Morgan fingerprint density at radius 3 is 2.43 bits per heavy atom. The van der Waals surface area contributed by atoms with Crippen LogP contribution in [-0.4, -0.2) is 21.1 Å². The fraction of sp³-hybridized carbons (Fsp3) is 0.300. The second kappa shape index (κ2) is 4.48. The SMILES string of the molecule is O=C(O)C(O)(S)CCc1ccccc1. The van der Waals surface area contributed by atoms with Crippen molar-refractivity contribution < 1.29 is 15.0 Å². The zero-order valence-corrected chi connectivity index (χ0v) is 8.45. The molecule has 1 atom stereocenters. The topological polar surface area (TPSA) is 57.5 Å². The van der Waals surface area contributed by atoms with E-state index in [9.17, 15) is 9.90 Å². The Morgan fingerprint density at radius 2 is 1.93 bits per heavy atom. The van der Waals surface area contributed by atoms with Crippen LogP contribution in [0.25, 0.3) is 0 Å². The minimum Gasteiger partial charge on any atom is -0.478 e. The summed E-state index contributed by atoms with van der Waals surface area (Å²) in [6, 6.07) is 9.38. The summed E-state index contributed by atoms with van der Waals surface area (Å²) in [6.07, 6.45) is 0.586. The van der Waals surface area contributed by atoms with Gasteiger partial charge in [0.25, 0.3) is 0 Å². The Labute approximate surface area is 87.8 Å². The predicted octanol–water partition coefficient (Wildman–Crippen LogP) is 1.32. The molecule has 1 aromatic rings. The van der Waals surface area contributed by atoms with Gasteiger partial charge in [-0.1, -0.05) is 30.3 Å². The fourth-order valence-corrected chi connectivity index (χ4v) is 1.18. The van der Waals surface area contributed by atoms with Crippen LogP contribution in [0.3, 0.4) is 0 Å². The lowest BCUT2D eigenvalue weighted by Crippen LogP contribution is -2.32. The molecule has 0 heterocycles. The van der Waals surface area contributed by atoms with Gasteiger partial charge in [-0.25, -0.2) is 4.79 Å². The van der Waals surface area contributed by atoms with E-state index in [1.165, 1.54) is 0 Å². The molecule has 76 valence electrons. The Hall–Kier alpha value is -1.00. The lowest BCUT2D eigenvalue weighted by atomic mass is 10.1. The van der Waals surface area contributed by atoms with E-state index in [0.717, 1.165) is 5.56 Å². The monoisotopic (exact) mass is 212 g/mol. The highest BCUT2D eigenvalue weighted by molar-refractivity contribution is 7.82. The zero-order chi connectivity index (χ0) is 10.6. The largest absolute Gasteiger partial charge is 0.478 e. The molecule has 14 heavy (non-hydrogen) atoms. The summed E-state index contributed by atoms with van der Waals surface area (Å²) in [5.41, 5.74) is 0.987. The average molecular weight is 212 g/mol. The molecule has 0 bridgehead atoms. The van der Waals surface area contributed by atoms with Gasteiger partial charge in [0.15, 0.2) is 0 Å². The predicted molar refractivity (Wildman–Crippen MR) is 56.3 cm³/mol. The first-order chi connectivity index (χ1) is 6.52. The summed E-state index contributed by atoms with van der Waals surface area (Å²) in [5.74, 6) is -1.31. The Morgan fingerprint density at radius 1 is 1.36 bits per heavy atom. The fourth-order valence-electron chi connectivity index (χ4n) is 1.07. The van der Waals surface area contributed by atoms with Crippen molar-refractivity contribution in [3.63, 3.8) is 0 Å². The summed E-state index contributed by atoms with van der Waals surface area (Å²) < 4.78 is 0. The number of thiol groups is 1. The first-order valence-electron chi connectivity index (χ1n) is 4.24. The zero-order valence-electron chi connectivity index (χ0n) is 7.55. The molecular weight excluding hydrogens is 200 g/mol. The number of carbonyl (C=O) groups is 1. The highest BCUT2D eigenvalue weighted by Gasteiger charge is 2.30. The minimum absolute atomic E-state index is 0.0927. The number of carboxylic acid groups (broad SMARTS) is 1. The van der Waals surface area contributed by atoms with Crippen LogP contribution in [0.2, 0.25) is 0 Å². The lowest BCUT2D eigenvalue weighted by Gasteiger charge is -2.16. The van der Waals surface area contributed by atoms with Crippen molar-refractivity contribution in [3.8, 4) is 0 Å². The van der Waals surface area contributed by atoms with E-state index in [0.29, 0.717) is 6.42 Å². The molecule has 0 aliphatic heterocycles. The van der Waals surface area contributed by atoms with Crippen molar-refractivity contribution in [1.29, 1.82) is 0 Å². The second-order valence-electron chi connectivity index (χ2n) is 3.11. The Bertz CT molecular complexity index is 308. The van der Waals surface area contributed by atoms with E-state index < -0.39 is 10.9 Å². The molecule has 0 saturated carbocycles. The normalized spacial score (nSPS) is 14.7. The maximum absolute atomic E-state index is 10.5. The molecule has 3 nitrogen and oxygen atoms in total. The van der Waals surface area contributed by atoms with Crippen molar-refractivity contribution in [2.75, 3.05) is 0 Å². The molecule has 0 aromatic heterocycles. The number of aliphatic carboxylic acids is 1.